The van der Waals surface area contributed by atoms with Gasteiger partial charge in [-0.1, -0.05) is 19.2 Å². The van der Waals surface area contributed by atoms with Crippen molar-refractivity contribution in [2.45, 2.75) is 0 Å². The maximum absolute atomic E-state index is 5.16. The standard InChI is InChI=1S/C18H18N4O/c1-4-8-15(5-2)19-16-10-12-17(13-11-16)20-21-18-9-6-7-14-22(18)23-3/h4-14H,1-2H2,3H3/p+1/b15-8+. The average Bonchev–Trinajstić information content (AvgIpc) is 2.61. The third kappa shape index (κ3) is 4.64. The molecule has 116 valence electrons. The zero-order valence-electron chi connectivity index (χ0n) is 13.0. The van der Waals surface area contributed by atoms with Crippen LogP contribution in [0.5, 0.6) is 0 Å². The predicted octanol–water partition coefficient (Wildman–Crippen LogP) is 4.12. The first-order chi connectivity index (χ1) is 11.3. The van der Waals surface area contributed by atoms with Crippen molar-refractivity contribution < 1.29 is 9.57 Å². The fraction of sp³-hybridized carbons (Fsp3) is 0.0556. The molecule has 23 heavy (non-hydrogen) atoms. The Morgan fingerprint density at radius 1 is 1.13 bits per heavy atom. The second kappa shape index (κ2) is 8.29. The van der Waals surface area contributed by atoms with E-state index in [4.69, 9.17) is 4.84 Å². The van der Waals surface area contributed by atoms with Gasteiger partial charge in [0.25, 0.3) is 0 Å². The molecule has 5 heteroatoms. The number of nitrogens with zero attached hydrogens (tertiary/aromatic N) is 3. The van der Waals surface area contributed by atoms with Gasteiger partial charge < -0.3 is 10.2 Å². The number of aromatic nitrogens is 1. The molecule has 0 aliphatic heterocycles. The minimum Gasteiger partial charge on any atom is -0.356 e. The Kier molecular flexibility index (Phi) is 5.82. The lowest BCUT2D eigenvalue weighted by molar-refractivity contribution is -0.875. The third-order valence-corrected chi connectivity index (χ3v) is 2.94. The van der Waals surface area contributed by atoms with Crippen LogP contribution in [0.1, 0.15) is 0 Å². The van der Waals surface area contributed by atoms with Gasteiger partial charge in [-0.15, -0.1) is 0 Å². The van der Waals surface area contributed by atoms with E-state index in [2.05, 4.69) is 28.7 Å². The van der Waals surface area contributed by atoms with Crippen LogP contribution in [0.25, 0.3) is 0 Å². The molecule has 0 aliphatic carbocycles. The number of hydrogen-bond acceptors (Lipinski definition) is 4. The van der Waals surface area contributed by atoms with Crippen molar-refractivity contribution in [3.63, 3.8) is 0 Å². The first-order valence-corrected chi connectivity index (χ1v) is 7.06. The molecule has 0 spiro atoms. The minimum absolute atomic E-state index is 0.611. The van der Waals surface area contributed by atoms with E-state index in [1.165, 1.54) is 4.73 Å². The SMILES string of the molecule is C=C/C=C(\C=C)Nc1ccc(N=Nc2cccc[n+]2OC)cc1. The monoisotopic (exact) mass is 307 g/mol. The molecule has 2 rings (SSSR count). The summed E-state index contributed by atoms with van der Waals surface area (Å²) in [6, 6.07) is 13.1. The molecule has 0 amide bonds. The van der Waals surface area contributed by atoms with Crippen molar-refractivity contribution in [1.82, 2.24) is 0 Å². The van der Waals surface area contributed by atoms with Gasteiger partial charge in [-0.2, -0.15) is 0 Å². The van der Waals surface area contributed by atoms with E-state index in [1.54, 1.807) is 25.5 Å². The first-order valence-electron chi connectivity index (χ1n) is 7.06. The second-order valence-electron chi connectivity index (χ2n) is 4.50. The van der Waals surface area contributed by atoms with Crippen LogP contribution < -0.4 is 14.9 Å². The number of nitrogens with one attached hydrogen (secondary N) is 1. The fourth-order valence-electron chi connectivity index (χ4n) is 1.83. The number of pyridine rings is 1. The van der Waals surface area contributed by atoms with Gasteiger partial charge in [0, 0.05) is 17.5 Å². The Bertz CT molecular complexity index is 733. The average molecular weight is 307 g/mol. The summed E-state index contributed by atoms with van der Waals surface area (Å²) in [4.78, 5) is 5.16. The summed E-state index contributed by atoms with van der Waals surface area (Å²) >= 11 is 0. The molecule has 0 aliphatic rings. The Balaban J connectivity index is 2.11. The highest BCUT2D eigenvalue weighted by Gasteiger charge is 2.08. The van der Waals surface area contributed by atoms with Crippen molar-refractivity contribution in [3.8, 4) is 0 Å². The van der Waals surface area contributed by atoms with E-state index in [1.807, 2.05) is 48.5 Å². The molecular formula is C18H19N4O+. The van der Waals surface area contributed by atoms with Crippen LogP contribution in [0.15, 0.2) is 96.0 Å². The summed E-state index contributed by atoms with van der Waals surface area (Å²) in [5, 5.41) is 11.6. The van der Waals surface area contributed by atoms with E-state index in [-0.39, 0.29) is 0 Å². The van der Waals surface area contributed by atoms with Crippen molar-refractivity contribution in [2.75, 3.05) is 12.4 Å². The van der Waals surface area contributed by atoms with E-state index < -0.39 is 0 Å². The van der Waals surface area contributed by atoms with Gasteiger partial charge in [0.05, 0.1) is 5.11 Å². The van der Waals surface area contributed by atoms with Crippen molar-refractivity contribution in [2.24, 2.45) is 10.2 Å². The van der Waals surface area contributed by atoms with Crippen LogP contribution in [-0.4, -0.2) is 7.11 Å². The van der Waals surface area contributed by atoms with Crippen LogP contribution in [0.2, 0.25) is 0 Å². The molecule has 0 saturated carbocycles. The molecule has 0 saturated heterocycles. The number of rotatable bonds is 7. The van der Waals surface area contributed by atoms with E-state index in [9.17, 15) is 0 Å². The molecule has 1 aromatic heterocycles. The summed E-state index contributed by atoms with van der Waals surface area (Å²) in [6.07, 6.45) is 7.05. The van der Waals surface area contributed by atoms with E-state index in [0.29, 0.717) is 5.82 Å². The predicted molar refractivity (Wildman–Crippen MR) is 91.9 cm³/mol. The van der Waals surface area contributed by atoms with Gasteiger partial charge in [0.1, 0.15) is 19.0 Å². The number of anilines is 1. The molecule has 1 aromatic carbocycles. The Labute approximate surface area is 135 Å². The molecule has 0 fully saturated rings. The number of allylic oxidation sites excluding steroid dienone is 3. The molecule has 0 unspecified atom stereocenters. The van der Waals surface area contributed by atoms with Crippen molar-refractivity contribution >= 4 is 17.2 Å². The normalized spacial score (nSPS) is 11.3. The fourth-order valence-corrected chi connectivity index (χ4v) is 1.83. The Morgan fingerprint density at radius 3 is 2.57 bits per heavy atom. The van der Waals surface area contributed by atoms with Crippen molar-refractivity contribution in [1.29, 1.82) is 0 Å². The zero-order chi connectivity index (χ0) is 16.5. The molecule has 0 bridgehead atoms. The topological polar surface area (TPSA) is 49.9 Å². The highest BCUT2D eigenvalue weighted by Crippen LogP contribution is 2.19. The summed E-state index contributed by atoms with van der Waals surface area (Å²) in [5.41, 5.74) is 2.55. The lowest BCUT2D eigenvalue weighted by atomic mass is 10.2. The molecule has 2 aromatic rings. The van der Waals surface area contributed by atoms with E-state index in [0.717, 1.165) is 17.1 Å². The Morgan fingerprint density at radius 2 is 1.91 bits per heavy atom. The zero-order valence-corrected chi connectivity index (χ0v) is 13.0. The molecule has 0 atom stereocenters. The van der Waals surface area contributed by atoms with Gasteiger partial charge in [-0.05, 0) is 58.4 Å². The number of benzene rings is 1. The van der Waals surface area contributed by atoms with Crippen LogP contribution in [0.3, 0.4) is 0 Å². The highest BCUT2D eigenvalue weighted by molar-refractivity contribution is 5.55. The summed E-state index contributed by atoms with van der Waals surface area (Å²) in [7, 11) is 1.58. The lowest BCUT2D eigenvalue weighted by Crippen LogP contribution is -2.39. The lowest BCUT2D eigenvalue weighted by Gasteiger charge is -2.06. The molecule has 0 radical (unpaired) electrons. The van der Waals surface area contributed by atoms with E-state index >= 15 is 0 Å². The number of azo groups is 1. The maximum Gasteiger partial charge on any atom is 0.388 e. The quantitative estimate of drug-likeness (QED) is 0.475. The highest BCUT2D eigenvalue weighted by atomic mass is 16.6. The molecule has 1 heterocycles. The third-order valence-electron chi connectivity index (χ3n) is 2.94. The van der Waals surface area contributed by atoms with Crippen LogP contribution in [0, 0.1) is 0 Å². The summed E-state index contributed by atoms with van der Waals surface area (Å²) < 4.78 is 1.54. The summed E-state index contributed by atoms with van der Waals surface area (Å²) in [5.74, 6) is 0.611. The van der Waals surface area contributed by atoms with Crippen LogP contribution >= 0.6 is 0 Å². The number of hydrogen-bond donors (Lipinski definition) is 1. The first kappa shape index (κ1) is 16.2. The smallest absolute Gasteiger partial charge is 0.356 e. The van der Waals surface area contributed by atoms with Gasteiger partial charge in [-0.3, -0.25) is 0 Å². The Hall–Kier alpha value is -3.21. The molecular weight excluding hydrogens is 288 g/mol. The second-order valence-corrected chi connectivity index (χ2v) is 4.50. The molecule has 5 nitrogen and oxygen atoms in total. The van der Waals surface area contributed by atoms with Gasteiger partial charge in [0.15, 0.2) is 0 Å². The molecule has 1 N–H and O–H groups in total. The van der Waals surface area contributed by atoms with Gasteiger partial charge >= 0.3 is 5.82 Å². The van der Waals surface area contributed by atoms with Gasteiger partial charge in [0.2, 0.25) is 0 Å². The summed E-state index contributed by atoms with van der Waals surface area (Å²) in [6.45, 7) is 7.41. The largest absolute Gasteiger partial charge is 0.388 e. The minimum atomic E-state index is 0.611. The van der Waals surface area contributed by atoms with Crippen molar-refractivity contribution in [3.05, 3.63) is 85.7 Å². The maximum atomic E-state index is 5.16. The van der Waals surface area contributed by atoms with Crippen LogP contribution in [0.4, 0.5) is 17.2 Å². The van der Waals surface area contributed by atoms with Gasteiger partial charge in [-0.25, -0.2) is 0 Å². The van der Waals surface area contributed by atoms with Crippen LogP contribution in [-0.2, 0) is 0 Å².